The van der Waals surface area contributed by atoms with Crippen LogP contribution in [0.2, 0.25) is 0 Å². The number of amides is 1. The molecule has 0 fully saturated rings. The van der Waals surface area contributed by atoms with Crippen LogP contribution in [0.3, 0.4) is 0 Å². The van der Waals surface area contributed by atoms with Crippen molar-refractivity contribution >= 4 is 17.8 Å². The molecule has 8 heteroatoms. The third-order valence-corrected chi connectivity index (χ3v) is 2.73. The summed E-state index contributed by atoms with van der Waals surface area (Å²) in [4.78, 5) is 25.5. The van der Waals surface area contributed by atoms with E-state index in [-0.39, 0.29) is 12.2 Å². The van der Waals surface area contributed by atoms with Crippen molar-refractivity contribution in [1.29, 1.82) is 5.26 Å². The van der Waals surface area contributed by atoms with Gasteiger partial charge in [0.05, 0.1) is 6.07 Å². The van der Waals surface area contributed by atoms with Crippen LogP contribution in [0, 0.1) is 11.3 Å². The number of aromatic nitrogens is 3. The second-order valence-corrected chi connectivity index (χ2v) is 4.84. The highest BCUT2D eigenvalue weighted by Gasteiger charge is 2.19. The monoisotopic (exact) mass is 291 g/mol. The summed E-state index contributed by atoms with van der Waals surface area (Å²) < 4.78 is 0. The summed E-state index contributed by atoms with van der Waals surface area (Å²) in [6.07, 6.45) is 1.93. The number of carbonyl (C=O) groups is 1. The smallest absolute Gasteiger partial charge is 0.229 e. The third-order valence-electron chi connectivity index (χ3n) is 2.73. The summed E-state index contributed by atoms with van der Waals surface area (Å²) >= 11 is 0. The number of anilines is 2. The van der Waals surface area contributed by atoms with E-state index in [2.05, 4.69) is 27.2 Å². The van der Waals surface area contributed by atoms with Crippen molar-refractivity contribution in [2.45, 2.75) is 32.1 Å². The topological polar surface area (TPSA) is 121 Å². The molecule has 114 valence electrons. The summed E-state index contributed by atoms with van der Waals surface area (Å²) in [7, 11) is 3.59. The van der Waals surface area contributed by atoms with Gasteiger partial charge in [-0.15, -0.1) is 0 Å². The summed E-state index contributed by atoms with van der Waals surface area (Å²) in [6.45, 7) is 2.82. The summed E-state index contributed by atoms with van der Waals surface area (Å²) in [6, 6.07) is 2.01. The van der Waals surface area contributed by atoms with E-state index >= 15 is 0 Å². The molecule has 3 N–H and O–H groups in total. The van der Waals surface area contributed by atoms with Gasteiger partial charge >= 0.3 is 0 Å². The number of nitrogens with two attached hydrogens (primary N) is 1. The highest BCUT2D eigenvalue weighted by molar-refractivity contribution is 5.75. The molecule has 1 amide bonds. The molecule has 0 aliphatic carbocycles. The van der Waals surface area contributed by atoms with E-state index in [0.717, 1.165) is 19.4 Å². The lowest BCUT2D eigenvalue weighted by Gasteiger charge is -2.15. The van der Waals surface area contributed by atoms with Crippen molar-refractivity contribution in [2.75, 3.05) is 30.9 Å². The molecule has 0 bridgehead atoms. The van der Waals surface area contributed by atoms with E-state index in [1.54, 1.807) is 19.0 Å². The summed E-state index contributed by atoms with van der Waals surface area (Å²) in [5.74, 6) is -0.232. The Morgan fingerprint density at radius 2 is 2.14 bits per heavy atom. The van der Waals surface area contributed by atoms with Gasteiger partial charge in [-0.1, -0.05) is 13.3 Å². The lowest BCUT2D eigenvalue weighted by Crippen LogP contribution is -2.20. The summed E-state index contributed by atoms with van der Waals surface area (Å²) in [5, 5.41) is 12.3. The summed E-state index contributed by atoms with van der Waals surface area (Å²) in [5.41, 5.74) is 5.15. The van der Waals surface area contributed by atoms with Crippen molar-refractivity contribution in [2.24, 2.45) is 5.73 Å². The van der Waals surface area contributed by atoms with E-state index in [9.17, 15) is 10.1 Å². The minimum Gasteiger partial charge on any atom is -0.370 e. The molecule has 0 aliphatic rings. The molecular formula is C13H21N7O. The Bertz CT molecular complexity index is 524. The standard InChI is InChI=1S/C13H21N7O/c1-4-5-6-16-12-17-11(9(8-14)7-10(15)21)18-13(19-12)20(2)3/h9H,4-7H2,1-3H3,(H2,15,21)(H,16,17,18,19). The number of nitriles is 1. The predicted molar refractivity (Wildman–Crippen MR) is 79.7 cm³/mol. The molecule has 0 aromatic carbocycles. The number of carbonyl (C=O) groups excluding carboxylic acids is 1. The molecule has 1 unspecified atom stereocenters. The quantitative estimate of drug-likeness (QED) is 0.674. The van der Waals surface area contributed by atoms with E-state index in [1.807, 2.05) is 6.07 Å². The SMILES string of the molecule is CCCCNc1nc(C(C#N)CC(N)=O)nc(N(C)C)n1. The van der Waals surface area contributed by atoms with Crippen LogP contribution in [-0.4, -0.2) is 41.5 Å². The van der Waals surface area contributed by atoms with E-state index < -0.39 is 11.8 Å². The zero-order chi connectivity index (χ0) is 15.8. The second kappa shape index (κ2) is 7.99. The lowest BCUT2D eigenvalue weighted by molar-refractivity contribution is -0.118. The number of primary amides is 1. The van der Waals surface area contributed by atoms with Crippen molar-refractivity contribution in [3.05, 3.63) is 5.82 Å². The van der Waals surface area contributed by atoms with Crippen molar-refractivity contribution in [3.63, 3.8) is 0 Å². The number of hydrogen-bond acceptors (Lipinski definition) is 7. The average Bonchev–Trinajstić information content (AvgIpc) is 2.44. The predicted octanol–water partition coefficient (Wildman–Crippen LogP) is 0.632. The third kappa shape index (κ3) is 5.22. The van der Waals surface area contributed by atoms with Crippen LogP contribution in [0.15, 0.2) is 0 Å². The van der Waals surface area contributed by atoms with Crippen LogP contribution in [0.1, 0.15) is 37.9 Å². The van der Waals surface area contributed by atoms with Crippen molar-refractivity contribution < 1.29 is 4.79 Å². The van der Waals surface area contributed by atoms with Gasteiger partial charge in [0.15, 0.2) is 5.82 Å². The number of nitrogens with one attached hydrogen (secondary N) is 1. The molecule has 0 saturated heterocycles. The number of rotatable bonds is 8. The Hall–Kier alpha value is -2.43. The first-order valence-corrected chi connectivity index (χ1v) is 6.83. The van der Waals surface area contributed by atoms with Crippen LogP contribution in [0.25, 0.3) is 0 Å². The fourth-order valence-corrected chi connectivity index (χ4v) is 1.59. The number of nitrogens with zero attached hydrogens (tertiary/aromatic N) is 5. The fourth-order valence-electron chi connectivity index (χ4n) is 1.59. The maximum atomic E-state index is 11.0. The van der Waals surface area contributed by atoms with Crippen LogP contribution >= 0.6 is 0 Å². The molecule has 1 rings (SSSR count). The van der Waals surface area contributed by atoms with Gasteiger partial charge in [0.25, 0.3) is 0 Å². The maximum absolute atomic E-state index is 11.0. The van der Waals surface area contributed by atoms with Crippen LogP contribution < -0.4 is 16.0 Å². The van der Waals surface area contributed by atoms with E-state index in [1.165, 1.54) is 0 Å². The average molecular weight is 291 g/mol. The zero-order valence-electron chi connectivity index (χ0n) is 12.6. The Kier molecular flexibility index (Phi) is 6.33. The fraction of sp³-hybridized carbons (Fsp3) is 0.615. The van der Waals surface area contributed by atoms with Crippen LogP contribution in [-0.2, 0) is 4.79 Å². The molecule has 21 heavy (non-hydrogen) atoms. The molecule has 0 aliphatic heterocycles. The lowest BCUT2D eigenvalue weighted by atomic mass is 10.1. The first-order chi connectivity index (χ1) is 9.97. The molecule has 1 aromatic heterocycles. The van der Waals surface area contributed by atoms with E-state index in [4.69, 9.17) is 5.73 Å². The molecule has 8 nitrogen and oxygen atoms in total. The van der Waals surface area contributed by atoms with Gasteiger partial charge in [0.1, 0.15) is 5.92 Å². The van der Waals surface area contributed by atoms with Crippen molar-refractivity contribution in [3.8, 4) is 6.07 Å². The van der Waals surface area contributed by atoms with Gasteiger partial charge in [-0.05, 0) is 6.42 Å². The van der Waals surface area contributed by atoms with Gasteiger partial charge in [0.2, 0.25) is 17.8 Å². The highest BCUT2D eigenvalue weighted by Crippen LogP contribution is 2.18. The largest absolute Gasteiger partial charge is 0.370 e. The first kappa shape index (κ1) is 16.6. The Balaban J connectivity index is 3.06. The van der Waals surface area contributed by atoms with Gasteiger partial charge in [0, 0.05) is 27.1 Å². The Morgan fingerprint density at radius 1 is 1.43 bits per heavy atom. The molecule has 0 saturated carbocycles. The van der Waals surface area contributed by atoms with E-state index in [0.29, 0.717) is 11.9 Å². The number of hydrogen-bond donors (Lipinski definition) is 2. The van der Waals surface area contributed by atoms with Crippen molar-refractivity contribution in [1.82, 2.24) is 15.0 Å². The van der Waals surface area contributed by atoms with Gasteiger partial charge in [-0.25, -0.2) is 0 Å². The maximum Gasteiger partial charge on any atom is 0.229 e. The minimum absolute atomic E-state index is 0.109. The minimum atomic E-state index is -0.768. The second-order valence-electron chi connectivity index (χ2n) is 4.84. The highest BCUT2D eigenvalue weighted by atomic mass is 16.1. The molecular weight excluding hydrogens is 270 g/mol. The zero-order valence-corrected chi connectivity index (χ0v) is 12.6. The molecule has 0 spiro atoms. The first-order valence-electron chi connectivity index (χ1n) is 6.83. The number of unbranched alkanes of at least 4 members (excludes halogenated alkanes) is 1. The van der Waals surface area contributed by atoms with Gasteiger partial charge in [-0.3, -0.25) is 4.79 Å². The van der Waals surface area contributed by atoms with Crippen LogP contribution in [0.4, 0.5) is 11.9 Å². The molecule has 1 heterocycles. The molecule has 1 aromatic rings. The van der Waals surface area contributed by atoms with Gasteiger partial charge < -0.3 is 16.0 Å². The normalized spacial score (nSPS) is 11.5. The van der Waals surface area contributed by atoms with Crippen LogP contribution in [0.5, 0.6) is 0 Å². The Labute approximate surface area is 124 Å². The Morgan fingerprint density at radius 3 is 2.67 bits per heavy atom. The molecule has 1 atom stereocenters. The van der Waals surface area contributed by atoms with Gasteiger partial charge in [-0.2, -0.15) is 20.2 Å². The molecule has 0 radical (unpaired) electrons.